The summed E-state index contributed by atoms with van der Waals surface area (Å²) in [6, 6.07) is 15.2. The zero-order chi connectivity index (χ0) is 12.5. The summed E-state index contributed by atoms with van der Waals surface area (Å²) >= 11 is 0. The molecule has 18 heavy (non-hydrogen) atoms. The van der Waals surface area contributed by atoms with Crippen LogP contribution in [0.3, 0.4) is 0 Å². The number of anilines is 1. The third-order valence-corrected chi connectivity index (χ3v) is 3.31. The summed E-state index contributed by atoms with van der Waals surface area (Å²) in [5.74, 6) is 0.0846. The Morgan fingerprint density at radius 2 is 1.83 bits per heavy atom. The number of fused-ring (bicyclic) bond motifs is 1. The molecule has 2 N–H and O–H groups in total. The molecule has 1 heterocycles. The molecule has 0 saturated heterocycles. The van der Waals surface area contributed by atoms with E-state index in [1.54, 1.807) is 6.07 Å². The van der Waals surface area contributed by atoms with E-state index < -0.39 is 0 Å². The lowest BCUT2D eigenvalue weighted by Gasteiger charge is -2.26. The van der Waals surface area contributed by atoms with Gasteiger partial charge in [-0.2, -0.15) is 0 Å². The van der Waals surface area contributed by atoms with Crippen LogP contribution in [0.25, 0.3) is 0 Å². The van der Waals surface area contributed by atoms with Crippen molar-refractivity contribution in [3.8, 4) is 5.75 Å². The van der Waals surface area contributed by atoms with Crippen molar-refractivity contribution in [2.24, 2.45) is 0 Å². The fourth-order valence-electron chi connectivity index (χ4n) is 2.45. The highest BCUT2D eigenvalue weighted by Crippen LogP contribution is 2.40. The molecule has 0 saturated carbocycles. The van der Waals surface area contributed by atoms with Crippen LogP contribution >= 0.6 is 0 Å². The van der Waals surface area contributed by atoms with Crippen LogP contribution in [0.1, 0.15) is 23.5 Å². The van der Waals surface area contributed by atoms with Gasteiger partial charge in [-0.25, -0.2) is 0 Å². The van der Waals surface area contributed by atoms with E-state index in [0.717, 1.165) is 11.1 Å². The van der Waals surface area contributed by atoms with Gasteiger partial charge in [-0.1, -0.05) is 42.5 Å². The van der Waals surface area contributed by atoms with Gasteiger partial charge < -0.3 is 10.4 Å². The molecule has 2 aromatic rings. The average molecular weight is 239 g/mol. The zero-order valence-electron chi connectivity index (χ0n) is 9.76. The highest BCUT2D eigenvalue weighted by molar-refractivity contribution is 5.97. The summed E-state index contributed by atoms with van der Waals surface area (Å²) in [5, 5.41) is 12.6. The van der Waals surface area contributed by atoms with Gasteiger partial charge in [-0.15, -0.1) is 0 Å². The molecule has 0 fully saturated rings. The molecule has 1 unspecified atom stereocenters. The van der Waals surface area contributed by atoms with Gasteiger partial charge in [0.05, 0.1) is 5.69 Å². The van der Waals surface area contributed by atoms with Gasteiger partial charge in [0, 0.05) is 12.3 Å². The SMILES string of the molecule is O=C1CC(c2ccccc2)c2cccc(O)c2N1. The summed E-state index contributed by atoms with van der Waals surface area (Å²) < 4.78 is 0. The van der Waals surface area contributed by atoms with Gasteiger partial charge in [0.15, 0.2) is 0 Å². The van der Waals surface area contributed by atoms with Crippen LogP contribution < -0.4 is 5.32 Å². The molecule has 2 aromatic carbocycles. The standard InChI is InChI=1S/C15H13NO2/c17-13-8-4-7-11-12(9-14(18)16-15(11)13)10-5-2-1-3-6-10/h1-8,12,17H,9H2,(H,16,18). The Balaban J connectivity index is 2.14. The summed E-state index contributed by atoms with van der Waals surface area (Å²) in [6.07, 6.45) is 0.417. The van der Waals surface area contributed by atoms with Crippen LogP contribution in [-0.4, -0.2) is 11.0 Å². The van der Waals surface area contributed by atoms with Gasteiger partial charge in [-0.05, 0) is 17.2 Å². The molecular weight excluding hydrogens is 226 g/mol. The summed E-state index contributed by atoms with van der Waals surface area (Å²) in [5.41, 5.74) is 2.61. The number of phenols is 1. The van der Waals surface area contributed by atoms with Gasteiger partial charge in [0.25, 0.3) is 0 Å². The first-order chi connectivity index (χ1) is 8.75. The van der Waals surface area contributed by atoms with Crippen molar-refractivity contribution in [1.29, 1.82) is 0 Å². The van der Waals surface area contributed by atoms with Crippen molar-refractivity contribution < 1.29 is 9.90 Å². The largest absolute Gasteiger partial charge is 0.506 e. The number of aromatic hydroxyl groups is 1. The maximum atomic E-state index is 11.7. The monoisotopic (exact) mass is 239 g/mol. The van der Waals surface area contributed by atoms with Gasteiger partial charge in [0.1, 0.15) is 5.75 Å². The van der Waals surface area contributed by atoms with E-state index in [0.29, 0.717) is 12.1 Å². The second-order valence-corrected chi connectivity index (χ2v) is 4.46. The van der Waals surface area contributed by atoms with E-state index in [9.17, 15) is 9.90 Å². The van der Waals surface area contributed by atoms with Crippen molar-refractivity contribution in [3.05, 3.63) is 59.7 Å². The summed E-state index contributed by atoms with van der Waals surface area (Å²) in [4.78, 5) is 11.7. The molecule has 1 aliphatic rings. The zero-order valence-corrected chi connectivity index (χ0v) is 9.76. The van der Waals surface area contributed by atoms with E-state index in [1.807, 2.05) is 42.5 Å². The fraction of sp³-hybridized carbons (Fsp3) is 0.133. The van der Waals surface area contributed by atoms with Crippen LogP contribution in [-0.2, 0) is 4.79 Å². The normalized spacial score (nSPS) is 18.0. The van der Waals surface area contributed by atoms with E-state index in [4.69, 9.17) is 0 Å². The number of amides is 1. The molecule has 1 aliphatic heterocycles. The Labute approximate surface area is 105 Å². The number of carbonyl (C=O) groups is 1. The van der Waals surface area contributed by atoms with Crippen LogP contribution in [0.4, 0.5) is 5.69 Å². The van der Waals surface area contributed by atoms with Crippen molar-refractivity contribution in [3.63, 3.8) is 0 Å². The second-order valence-electron chi connectivity index (χ2n) is 4.46. The quantitative estimate of drug-likeness (QED) is 0.752. The number of rotatable bonds is 1. The van der Waals surface area contributed by atoms with Crippen molar-refractivity contribution >= 4 is 11.6 Å². The molecule has 1 amide bonds. The number of hydrogen-bond donors (Lipinski definition) is 2. The number of benzene rings is 2. The molecule has 0 spiro atoms. The third-order valence-electron chi connectivity index (χ3n) is 3.31. The highest BCUT2D eigenvalue weighted by atomic mass is 16.3. The molecule has 3 heteroatoms. The van der Waals surface area contributed by atoms with Crippen LogP contribution in [0, 0.1) is 0 Å². The number of phenolic OH excluding ortho intramolecular Hbond substituents is 1. The second kappa shape index (κ2) is 4.18. The number of carbonyl (C=O) groups excluding carboxylic acids is 1. The Hall–Kier alpha value is -2.29. The smallest absolute Gasteiger partial charge is 0.225 e. The Kier molecular flexibility index (Phi) is 2.52. The molecule has 3 rings (SSSR count). The molecule has 0 aliphatic carbocycles. The molecule has 0 radical (unpaired) electrons. The molecule has 0 aromatic heterocycles. The fourth-order valence-corrected chi connectivity index (χ4v) is 2.45. The lowest BCUT2D eigenvalue weighted by Crippen LogP contribution is -2.23. The lowest BCUT2D eigenvalue weighted by molar-refractivity contribution is -0.116. The number of para-hydroxylation sites is 1. The van der Waals surface area contributed by atoms with E-state index in [2.05, 4.69) is 5.32 Å². The van der Waals surface area contributed by atoms with Gasteiger partial charge in [0.2, 0.25) is 5.91 Å². The Morgan fingerprint density at radius 1 is 1.06 bits per heavy atom. The van der Waals surface area contributed by atoms with Crippen molar-refractivity contribution in [2.75, 3.05) is 5.32 Å². The molecule has 90 valence electrons. The maximum absolute atomic E-state index is 11.7. The van der Waals surface area contributed by atoms with E-state index in [-0.39, 0.29) is 17.6 Å². The number of nitrogens with one attached hydrogen (secondary N) is 1. The summed E-state index contributed by atoms with van der Waals surface area (Å²) in [6.45, 7) is 0. The summed E-state index contributed by atoms with van der Waals surface area (Å²) in [7, 11) is 0. The molecule has 0 bridgehead atoms. The van der Waals surface area contributed by atoms with Crippen molar-refractivity contribution in [1.82, 2.24) is 0 Å². The van der Waals surface area contributed by atoms with Crippen LogP contribution in [0.15, 0.2) is 48.5 Å². The minimum Gasteiger partial charge on any atom is -0.506 e. The predicted molar refractivity (Wildman–Crippen MR) is 69.6 cm³/mol. The van der Waals surface area contributed by atoms with Crippen LogP contribution in [0.5, 0.6) is 5.75 Å². The first-order valence-corrected chi connectivity index (χ1v) is 5.92. The Bertz CT molecular complexity index is 593. The first-order valence-electron chi connectivity index (χ1n) is 5.92. The Morgan fingerprint density at radius 3 is 2.61 bits per heavy atom. The topological polar surface area (TPSA) is 49.3 Å². The van der Waals surface area contributed by atoms with Gasteiger partial charge >= 0.3 is 0 Å². The first kappa shape index (κ1) is 10.8. The third kappa shape index (κ3) is 1.74. The van der Waals surface area contributed by atoms with Gasteiger partial charge in [-0.3, -0.25) is 4.79 Å². The minimum atomic E-state index is -0.0575. The van der Waals surface area contributed by atoms with Crippen molar-refractivity contribution in [2.45, 2.75) is 12.3 Å². The van der Waals surface area contributed by atoms with E-state index in [1.165, 1.54) is 0 Å². The minimum absolute atomic E-state index is 0.0158. The predicted octanol–water partition coefficient (Wildman–Crippen LogP) is 2.87. The highest BCUT2D eigenvalue weighted by Gasteiger charge is 2.27. The molecule has 3 nitrogen and oxygen atoms in total. The number of hydrogen-bond acceptors (Lipinski definition) is 2. The maximum Gasteiger partial charge on any atom is 0.225 e. The average Bonchev–Trinajstić information content (AvgIpc) is 2.40. The molecule has 1 atom stereocenters. The lowest BCUT2D eigenvalue weighted by atomic mass is 9.84. The van der Waals surface area contributed by atoms with Crippen LogP contribution in [0.2, 0.25) is 0 Å². The molecular formula is C15H13NO2. The van der Waals surface area contributed by atoms with E-state index >= 15 is 0 Å².